The molecule has 1 aliphatic heterocycles. The predicted molar refractivity (Wildman–Crippen MR) is 119 cm³/mol. The fourth-order valence-electron chi connectivity index (χ4n) is 3.37. The summed E-state index contributed by atoms with van der Waals surface area (Å²) in [5.74, 6) is -0.127. The molecule has 0 saturated carbocycles. The molecule has 11 nitrogen and oxygen atoms in total. The zero-order valence-corrected chi connectivity index (χ0v) is 19.6. The predicted octanol–water partition coefficient (Wildman–Crippen LogP) is 2.52. The van der Waals surface area contributed by atoms with Crippen LogP contribution in [0.15, 0.2) is 29.4 Å². The first kappa shape index (κ1) is 26.4. The maximum Gasteiger partial charge on any atom is 0.332 e. The van der Waals surface area contributed by atoms with Crippen molar-refractivity contribution >= 4 is 11.9 Å². The number of azide groups is 1. The van der Waals surface area contributed by atoms with Gasteiger partial charge in [0.15, 0.2) is 0 Å². The Morgan fingerprint density at radius 1 is 1.27 bits per heavy atom. The van der Waals surface area contributed by atoms with Gasteiger partial charge in [-0.1, -0.05) is 17.2 Å². The number of hydrogen-bond donors (Lipinski definition) is 1. The number of amides is 1. The number of carbonyl (C=O) groups is 2. The van der Waals surface area contributed by atoms with E-state index in [1.54, 1.807) is 27.9 Å². The Kier molecular flexibility index (Phi) is 9.93. The lowest BCUT2D eigenvalue weighted by atomic mass is 9.96. The smallest absolute Gasteiger partial charge is 0.332 e. The number of carbonyl (C=O) groups excluding carboxylic acids is 2. The largest absolute Gasteiger partial charge is 0.497 e. The van der Waals surface area contributed by atoms with Crippen molar-refractivity contribution in [1.82, 2.24) is 5.32 Å². The van der Waals surface area contributed by atoms with E-state index < -0.39 is 35.9 Å². The minimum Gasteiger partial charge on any atom is -0.497 e. The molecular formula is C22H32N4O7. The lowest BCUT2D eigenvalue weighted by Crippen LogP contribution is -2.60. The van der Waals surface area contributed by atoms with Crippen molar-refractivity contribution in [2.45, 2.75) is 64.2 Å². The van der Waals surface area contributed by atoms with Crippen LogP contribution in [0.4, 0.5) is 0 Å². The fourth-order valence-corrected chi connectivity index (χ4v) is 3.37. The first-order valence-corrected chi connectivity index (χ1v) is 10.6. The van der Waals surface area contributed by atoms with E-state index in [1.807, 2.05) is 24.3 Å². The Bertz CT molecular complexity index is 834. The van der Waals surface area contributed by atoms with Crippen molar-refractivity contribution in [3.05, 3.63) is 40.3 Å². The summed E-state index contributed by atoms with van der Waals surface area (Å²) in [5, 5.41) is 6.56. The van der Waals surface area contributed by atoms with Crippen LogP contribution in [0.5, 0.6) is 5.75 Å². The minimum atomic E-state index is -0.834. The molecule has 4 atom stereocenters. The topological polar surface area (TPSA) is 141 Å². The second-order valence-electron chi connectivity index (χ2n) is 8.60. The zero-order valence-electron chi connectivity index (χ0n) is 19.6. The minimum absolute atomic E-state index is 0.104. The summed E-state index contributed by atoms with van der Waals surface area (Å²) in [6, 6.07) is 5.97. The molecule has 11 heteroatoms. The van der Waals surface area contributed by atoms with E-state index in [2.05, 4.69) is 15.3 Å². The van der Waals surface area contributed by atoms with Crippen LogP contribution in [0.1, 0.15) is 33.3 Å². The van der Waals surface area contributed by atoms with Gasteiger partial charge in [-0.05, 0) is 44.0 Å². The van der Waals surface area contributed by atoms with Gasteiger partial charge >= 0.3 is 5.97 Å². The lowest BCUT2D eigenvalue weighted by Gasteiger charge is -2.40. The SMILES string of the molecule is COc1ccc(COCC2OCC(NC(C)=O)C(OCC(=O)OC(C)(C)C)C2N=[N+]=[N-])cc1. The summed E-state index contributed by atoms with van der Waals surface area (Å²) in [7, 11) is 1.59. The van der Waals surface area contributed by atoms with Gasteiger partial charge in [-0.2, -0.15) is 0 Å². The van der Waals surface area contributed by atoms with Crippen LogP contribution in [0.25, 0.3) is 10.4 Å². The van der Waals surface area contributed by atoms with Gasteiger partial charge in [-0.3, -0.25) is 4.79 Å². The molecule has 0 aromatic heterocycles. The standard InChI is InChI=1S/C22H32N4O7/c1-14(27)24-17-11-31-18(12-30-10-15-6-8-16(29-5)9-7-15)20(25-26-23)21(17)32-13-19(28)33-22(2,3)4/h6-9,17-18,20-21H,10-13H2,1-5H3,(H,24,27). The van der Waals surface area contributed by atoms with Gasteiger partial charge in [-0.15, -0.1) is 0 Å². The van der Waals surface area contributed by atoms with Crippen LogP contribution < -0.4 is 10.1 Å². The summed E-state index contributed by atoms with van der Waals surface area (Å²) in [6.07, 6.45) is -1.44. The van der Waals surface area contributed by atoms with E-state index in [4.69, 9.17) is 29.2 Å². The number of benzene rings is 1. The highest BCUT2D eigenvalue weighted by molar-refractivity contribution is 5.73. The van der Waals surface area contributed by atoms with Gasteiger partial charge in [0.25, 0.3) is 0 Å². The third-order valence-corrected chi connectivity index (χ3v) is 4.70. The number of hydrogen-bond acceptors (Lipinski definition) is 8. The Balaban J connectivity index is 2.06. The van der Waals surface area contributed by atoms with E-state index in [1.165, 1.54) is 6.92 Å². The first-order valence-electron chi connectivity index (χ1n) is 10.6. The van der Waals surface area contributed by atoms with Crippen molar-refractivity contribution in [3.63, 3.8) is 0 Å². The van der Waals surface area contributed by atoms with E-state index in [0.717, 1.165) is 11.3 Å². The Morgan fingerprint density at radius 3 is 2.55 bits per heavy atom. The molecule has 1 aromatic carbocycles. The summed E-state index contributed by atoms with van der Waals surface area (Å²) in [6.45, 7) is 6.77. The van der Waals surface area contributed by atoms with Gasteiger partial charge in [0.1, 0.15) is 18.0 Å². The fraction of sp³-hybridized carbons (Fsp3) is 0.636. The Hall–Kier alpha value is -2.85. The van der Waals surface area contributed by atoms with Crippen molar-refractivity contribution in [2.24, 2.45) is 5.11 Å². The van der Waals surface area contributed by atoms with Crippen LogP contribution in [0.3, 0.4) is 0 Å². The molecule has 1 heterocycles. The second-order valence-corrected chi connectivity index (χ2v) is 8.60. The average Bonchev–Trinajstić information content (AvgIpc) is 2.73. The highest BCUT2D eigenvalue weighted by atomic mass is 16.6. The Labute approximate surface area is 193 Å². The van der Waals surface area contributed by atoms with Crippen molar-refractivity contribution in [2.75, 3.05) is 26.9 Å². The molecule has 1 fully saturated rings. The average molecular weight is 465 g/mol. The van der Waals surface area contributed by atoms with Crippen LogP contribution in [-0.2, 0) is 35.1 Å². The number of nitrogens with one attached hydrogen (secondary N) is 1. The molecule has 0 spiro atoms. The molecule has 182 valence electrons. The van der Waals surface area contributed by atoms with Crippen LogP contribution in [0, 0.1) is 0 Å². The van der Waals surface area contributed by atoms with E-state index >= 15 is 0 Å². The molecule has 0 bridgehead atoms. The van der Waals surface area contributed by atoms with Crippen LogP contribution in [-0.4, -0.2) is 68.7 Å². The van der Waals surface area contributed by atoms with Crippen LogP contribution >= 0.6 is 0 Å². The third-order valence-electron chi connectivity index (χ3n) is 4.70. The molecule has 1 aliphatic rings. The van der Waals surface area contributed by atoms with Gasteiger partial charge in [-0.25, -0.2) is 4.79 Å². The quantitative estimate of drug-likeness (QED) is 0.243. The van der Waals surface area contributed by atoms with Crippen molar-refractivity contribution in [1.29, 1.82) is 0 Å². The third kappa shape index (κ3) is 8.89. The number of esters is 1. The summed E-state index contributed by atoms with van der Waals surface area (Å²) < 4.78 is 27.8. The molecular weight excluding hydrogens is 432 g/mol. The van der Waals surface area contributed by atoms with Crippen molar-refractivity contribution in [3.8, 4) is 5.75 Å². The zero-order chi connectivity index (χ0) is 24.4. The Morgan fingerprint density at radius 2 is 1.97 bits per heavy atom. The molecule has 1 amide bonds. The highest BCUT2D eigenvalue weighted by Gasteiger charge is 2.42. The highest BCUT2D eigenvalue weighted by Crippen LogP contribution is 2.23. The van der Waals surface area contributed by atoms with Gasteiger partial charge in [0.2, 0.25) is 5.91 Å². The monoisotopic (exact) mass is 464 g/mol. The van der Waals surface area contributed by atoms with Crippen LogP contribution in [0.2, 0.25) is 0 Å². The molecule has 0 aliphatic carbocycles. The normalized spacial score (nSPS) is 22.7. The number of nitrogens with zero attached hydrogens (tertiary/aromatic N) is 3. The number of rotatable bonds is 10. The summed E-state index contributed by atoms with van der Waals surface area (Å²) in [5.41, 5.74) is 9.38. The van der Waals surface area contributed by atoms with E-state index in [9.17, 15) is 9.59 Å². The van der Waals surface area contributed by atoms with Gasteiger partial charge in [0.05, 0.1) is 51.2 Å². The van der Waals surface area contributed by atoms with Gasteiger partial charge in [0, 0.05) is 11.8 Å². The molecule has 1 saturated heterocycles. The molecule has 33 heavy (non-hydrogen) atoms. The molecule has 1 aromatic rings. The van der Waals surface area contributed by atoms with E-state index in [0.29, 0.717) is 6.61 Å². The lowest BCUT2D eigenvalue weighted by molar-refractivity contribution is -0.170. The molecule has 4 unspecified atom stereocenters. The van der Waals surface area contributed by atoms with Crippen molar-refractivity contribution < 1.29 is 33.3 Å². The summed E-state index contributed by atoms with van der Waals surface area (Å²) >= 11 is 0. The maximum absolute atomic E-state index is 12.1. The maximum atomic E-state index is 12.1. The van der Waals surface area contributed by atoms with E-state index in [-0.39, 0.29) is 25.7 Å². The van der Waals surface area contributed by atoms with Gasteiger partial charge < -0.3 is 29.0 Å². The number of ether oxygens (including phenoxy) is 5. The molecule has 0 radical (unpaired) electrons. The molecule has 2 rings (SSSR count). The molecule has 1 N–H and O–H groups in total. The number of methoxy groups -OCH3 is 1. The summed E-state index contributed by atoms with van der Waals surface area (Å²) in [4.78, 5) is 26.7. The first-order chi connectivity index (χ1) is 15.6. The second kappa shape index (κ2) is 12.4.